The maximum atomic E-state index is 12.9. The molecule has 37 heavy (non-hydrogen) atoms. The van der Waals surface area contributed by atoms with Crippen molar-refractivity contribution >= 4 is 17.4 Å². The van der Waals surface area contributed by atoms with E-state index in [1.165, 1.54) is 0 Å². The average molecular weight is 502 g/mol. The summed E-state index contributed by atoms with van der Waals surface area (Å²) in [7, 11) is 2.06. The van der Waals surface area contributed by atoms with Crippen LogP contribution in [0.5, 0.6) is 0 Å². The summed E-state index contributed by atoms with van der Waals surface area (Å²) in [4.78, 5) is 19.6. The van der Waals surface area contributed by atoms with Crippen molar-refractivity contribution in [2.24, 2.45) is 0 Å². The molecule has 0 saturated carbocycles. The molecular weight excluding hydrogens is 470 g/mol. The van der Waals surface area contributed by atoms with Gasteiger partial charge in [0.05, 0.1) is 36.4 Å². The van der Waals surface area contributed by atoms with Crippen LogP contribution in [0.15, 0.2) is 53.4 Å². The van der Waals surface area contributed by atoms with Crippen LogP contribution in [0.2, 0.25) is 0 Å². The summed E-state index contributed by atoms with van der Waals surface area (Å²) in [6.45, 7) is 9.52. The molecule has 1 aliphatic rings. The smallest absolute Gasteiger partial charge is 0.256 e. The van der Waals surface area contributed by atoms with Crippen LogP contribution in [-0.2, 0) is 10.2 Å². The maximum Gasteiger partial charge on any atom is 0.256 e. The lowest BCUT2D eigenvalue weighted by Gasteiger charge is -2.25. The topological polar surface area (TPSA) is 111 Å². The van der Waals surface area contributed by atoms with Gasteiger partial charge in [0, 0.05) is 42.5 Å². The molecule has 1 aliphatic heterocycles. The highest BCUT2D eigenvalue weighted by Gasteiger charge is 2.22. The molecule has 10 nitrogen and oxygen atoms in total. The van der Waals surface area contributed by atoms with E-state index >= 15 is 0 Å². The molecule has 4 heterocycles. The van der Waals surface area contributed by atoms with E-state index in [0.29, 0.717) is 35.5 Å². The van der Waals surface area contributed by atoms with Crippen LogP contribution >= 0.6 is 0 Å². The number of aryl methyl sites for hydroxylation is 1. The molecule has 1 unspecified atom stereocenters. The summed E-state index contributed by atoms with van der Waals surface area (Å²) < 4.78 is 12.6. The number of rotatable bonds is 6. The number of pyridine rings is 1. The molecule has 10 heteroatoms. The van der Waals surface area contributed by atoms with Crippen LogP contribution in [0.3, 0.4) is 0 Å². The van der Waals surface area contributed by atoms with Crippen molar-refractivity contribution in [1.82, 2.24) is 25.1 Å². The van der Waals surface area contributed by atoms with Crippen molar-refractivity contribution in [2.45, 2.75) is 45.6 Å². The standard InChI is InChI=1S/C27H31N7O3/c1-17-6-7-18(26(35)29-25-12-24(37-31-25)27(2,3)4)11-23(17)34-15-22(30-32-34)19-10-21(14-28-13-19)33(5)20-8-9-36-16-20/h6-7,10-15,20H,8-9,16H2,1-5H3,(H,29,31,35). The minimum atomic E-state index is -0.286. The van der Waals surface area contributed by atoms with Crippen LogP contribution in [0.4, 0.5) is 11.5 Å². The van der Waals surface area contributed by atoms with E-state index < -0.39 is 0 Å². The van der Waals surface area contributed by atoms with Crippen molar-refractivity contribution in [3.05, 3.63) is 65.8 Å². The van der Waals surface area contributed by atoms with Crippen molar-refractivity contribution in [2.75, 3.05) is 30.5 Å². The fourth-order valence-corrected chi connectivity index (χ4v) is 4.19. The monoisotopic (exact) mass is 501 g/mol. The second-order valence-corrected chi connectivity index (χ2v) is 10.4. The third kappa shape index (κ3) is 5.24. The quantitative estimate of drug-likeness (QED) is 0.414. The number of hydrogen-bond donors (Lipinski definition) is 1. The van der Waals surface area contributed by atoms with Crippen LogP contribution in [0.25, 0.3) is 16.9 Å². The van der Waals surface area contributed by atoms with E-state index in [1.54, 1.807) is 29.1 Å². The Morgan fingerprint density at radius 2 is 2.03 bits per heavy atom. The molecule has 1 aromatic carbocycles. The van der Waals surface area contributed by atoms with Crippen molar-refractivity contribution < 1.29 is 14.1 Å². The third-order valence-corrected chi connectivity index (χ3v) is 6.58. The van der Waals surface area contributed by atoms with Crippen LogP contribution in [0, 0.1) is 6.92 Å². The number of nitrogens with one attached hydrogen (secondary N) is 1. The lowest BCUT2D eigenvalue weighted by Crippen LogP contribution is -2.31. The predicted octanol–water partition coefficient (Wildman–Crippen LogP) is 4.40. The zero-order valence-electron chi connectivity index (χ0n) is 21.7. The number of hydrogen-bond acceptors (Lipinski definition) is 8. The van der Waals surface area contributed by atoms with E-state index in [4.69, 9.17) is 9.26 Å². The highest BCUT2D eigenvalue weighted by atomic mass is 16.5. The number of anilines is 2. The van der Waals surface area contributed by atoms with E-state index in [9.17, 15) is 4.79 Å². The van der Waals surface area contributed by atoms with E-state index in [2.05, 4.69) is 43.8 Å². The van der Waals surface area contributed by atoms with Gasteiger partial charge in [0.2, 0.25) is 0 Å². The first kappa shape index (κ1) is 24.6. The van der Waals surface area contributed by atoms with E-state index in [0.717, 1.165) is 35.5 Å². The molecule has 1 atom stereocenters. The van der Waals surface area contributed by atoms with Gasteiger partial charge in [0.1, 0.15) is 11.5 Å². The highest BCUT2D eigenvalue weighted by Crippen LogP contribution is 2.27. The van der Waals surface area contributed by atoms with Gasteiger partial charge >= 0.3 is 0 Å². The Hall–Kier alpha value is -4.05. The first-order chi connectivity index (χ1) is 17.7. The molecule has 0 aliphatic carbocycles. The van der Waals surface area contributed by atoms with Crippen molar-refractivity contribution in [1.29, 1.82) is 0 Å². The Labute approximate surface area is 215 Å². The summed E-state index contributed by atoms with van der Waals surface area (Å²) in [6.07, 6.45) is 6.46. The Morgan fingerprint density at radius 3 is 2.76 bits per heavy atom. The summed E-state index contributed by atoms with van der Waals surface area (Å²) in [5.41, 5.74) is 4.54. The number of aromatic nitrogens is 5. The number of ether oxygens (including phenoxy) is 1. The Kier molecular flexibility index (Phi) is 6.51. The minimum Gasteiger partial charge on any atom is -0.379 e. The number of nitrogens with zero attached hydrogens (tertiary/aromatic N) is 6. The van der Waals surface area contributed by atoms with Gasteiger partial charge in [-0.2, -0.15) is 0 Å². The zero-order valence-corrected chi connectivity index (χ0v) is 21.7. The fraction of sp³-hybridized carbons (Fsp3) is 0.370. The molecule has 1 saturated heterocycles. The van der Waals surface area contributed by atoms with Gasteiger partial charge in [-0.05, 0) is 37.1 Å². The molecule has 1 fully saturated rings. The fourth-order valence-electron chi connectivity index (χ4n) is 4.19. The molecule has 4 aromatic rings. The molecule has 0 radical (unpaired) electrons. The second-order valence-electron chi connectivity index (χ2n) is 10.4. The van der Waals surface area contributed by atoms with Gasteiger partial charge in [0.15, 0.2) is 5.82 Å². The molecule has 192 valence electrons. The molecule has 1 amide bonds. The van der Waals surface area contributed by atoms with Gasteiger partial charge in [-0.1, -0.05) is 37.2 Å². The SMILES string of the molecule is Cc1ccc(C(=O)Nc2cc(C(C)(C)C)on2)cc1-n1cc(-c2cncc(N(C)C3CCOC3)c2)nn1. The molecular formula is C27H31N7O3. The summed E-state index contributed by atoms with van der Waals surface area (Å²) >= 11 is 0. The molecule has 0 bridgehead atoms. The lowest BCUT2D eigenvalue weighted by molar-refractivity contribution is 0.102. The molecule has 0 spiro atoms. The number of carbonyl (C=O) groups excluding carboxylic acids is 1. The second kappa shape index (κ2) is 9.78. The number of carbonyl (C=O) groups is 1. The lowest BCUT2D eigenvalue weighted by atomic mass is 9.93. The minimum absolute atomic E-state index is 0.201. The molecule has 5 rings (SSSR count). The summed E-state index contributed by atoms with van der Waals surface area (Å²) in [5, 5.41) is 15.5. The number of amides is 1. The van der Waals surface area contributed by atoms with E-state index in [1.807, 2.05) is 46.2 Å². The van der Waals surface area contributed by atoms with E-state index in [-0.39, 0.29) is 11.3 Å². The number of benzene rings is 1. The maximum absolute atomic E-state index is 12.9. The van der Waals surface area contributed by atoms with Gasteiger partial charge in [-0.15, -0.1) is 5.10 Å². The zero-order chi connectivity index (χ0) is 26.2. The predicted molar refractivity (Wildman–Crippen MR) is 140 cm³/mol. The largest absolute Gasteiger partial charge is 0.379 e. The first-order valence-electron chi connectivity index (χ1n) is 12.3. The normalized spacial score (nSPS) is 15.6. The number of likely N-dealkylation sites (N-methyl/N-ethyl adjacent to an activating group) is 1. The van der Waals surface area contributed by atoms with Gasteiger partial charge < -0.3 is 19.5 Å². The van der Waals surface area contributed by atoms with Crippen LogP contribution in [0.1, 0.15) is 48.9 Å². The van der Waals surface area contributed by atoms with Crippen LogP contribution < -0.4 is 10.2 Å². The van der Waals surface area contributed by atoms with Crippen LogP contribution in [-0.4, -0.2) is 57.3 Å². The van der Waals surface area contributed by atoms with Gasteiger partial charge in [-0.25, -0.2) is 4.68 Å². The van der Waals surface area contributed by atoms with Gasteiger partial charge in [0.25, 0.3) is 5.91 Å². The Bertz CT molecular complexity index is 1410. The Balaban J connectivity index is 1.36. The molecule has 1 N–H and O–H groups in total. The van der Waals surface area contributed by atoms with Gasteiger partial charge in [-0.3, -0.25) is 9.78 Å². The summed E-state index contributed by atoms with van der Waals surface area (Å²) in [6, 6.07) is 9.58. The molecule has 3 aromatic heterocycles. The average Bonchev–Trinajstić information content (AvgIpc) is 3.65. The Morgan fingerprint density at radius 1 is 1.19 bits per heavy atom. The van der Waals surface area contributed by atoms with Crippen molar-refractivity contribution in [3.8, 4) is 16.9 Å². The third-order valence-electron chi connectivity index (χ3n) is 6.58. The summed E-state index contributed by atoms with van der Waals surface area (Å²) in [5.74, 6) is 0.789. The highest BCUT2D eigenvalue weighted by molar-refractivity contribution is 6.04. The van der Waals surface area contributed by atoms with Crippen molar-refractivity contribution in [3.63, 3.8) is 0 Å². The first-order valence-corrected chi connectivity index (χ1v) is 12.3.